The zero-order chi connectivity index (χ0) is 19.7. The van der Waals surface area contributed by atoms with Crippen LogP contribution in [0.25, 0.3) is 0 Å². The third-order valence-electron chi connectivity index (χ3n) is 6.41. The van der Waals surface area contributed by atoms with E-state index in [1.54, 1.807) is 0 Å². The van der Waals surface area contributed by atoms with Crippen LogP contribution in [0.5, 0.6) is 0 Å². The number of carbonyl (C=O) groups excluding carboxylic acids is 1. The van der Waals surface area contributed by atoms with Crippen LogP contribution in [-0.4, -0.2) is 82.6 Å². The van der Waals surface area contributed by atoms with Gasteiger partial charge in [-0.25, -0.2) is 0 Å². The van der Waals surface area contributed by atoms with Gasteiger partial charge in [-0.1, -0.05) is 30.3 Å². The van der Waals surface area contributed by atoms with Crippen molar-refractivity contribution >= 4 is 5.91 Å². The Hall–Kier alpha value is -2.15. The van der Waals surface area contributed by atoms with Crippen LogP contribution in [0.2, 0.25) is 0 Å². The minimum atomic E-state index is -0.942. The second-order valence-corrected chi connectivity index (χ2v) is 8.15. The summed E-state index contributed by atoms with van der Waals surface area (Å²) in [5, 5.41) is 11.8. The van der Waals surface area contributed by atoms with E-state index in [4.69, 9.17) is 0 Å². The number of aliphatic hydroxyl groups is 1. The molecule has 150 valence electrons. The number of aryl methyl sites for hydroxylation is 1. The normalized spacial score (nSPS) is 27.1. The number of rotatable bonds is 3. The predicted octanol–water partition coefficient (Wildman–Crippen LogP) is 1.37. The highest BCUT2D eigenvalue weighted by Gasteiger charge is 2.47. The monoisotopic (exact) mass is 382 g/mol. The fourth-order valence-electron chi connectivity index (χ4n) is 4.57. The molecule has 3 heterocycles. The number of likely N-dealkylation sites (tertiary alicyclic amines) is 1. The van der Waals surface area contributed by atoms with Gasteiger partial charge < -0.3 is 19.5 Å². The van der Waals surface area contributed by atoms with Crippen molar-refractivity contribution in [2.24, 2.45) is 7.05 Å². The van der Waals surface area contributed by atoms with Gasteiger partial charge in [0.05, 0.1) is 6.04 Å². The number of piperidine rings is 1. The molecule has 0 spiro atoms. The Kier molecular flexibility index (Phi) is 5.27. The Balaban J connectivity index is 1.62. The lowest BCUT2D eigenvalue weighted by Crippen LogP contribution is -2.64. The fourth-order valence-corrected chi connectivity index (χ4v) is 4.57. The van der Waals surface area contributed by atoms with Crippen LogP contribution in [-0.2, 0) is 12.6 Å². The number of piperazine rings is 1. The van der Waals surface area contributed by atoms with Gasteiger partial charge in [0.1, 0.15) is 11.3 Å². The molecule has 2 aliphatic heterocycles. The van der Waals surface area contributed by atoms with Gasteiger partial charge >= 0.3 is 0 Å². The summed E-state index contributed by atoms with van der Waals surface area (Å²) in [4.78, 5) is 19.7. The first-order valence-electron chi connectivity index (χ1n) is 10.1. The van der Waals surface area contributed by atoms with Crippen molar-refractivity contribution in [3.8, 4) is 0 Å². The minimum absolute atomic E-state index is 0.0433. The smallest absolute Gasteiger partial charge is 0.270 e. The van der Waals surface area contributed by atoms with Crippen LogP contribution < -0.4 is 0 Å². The highest BCUT2D eigenvalue weighted by molar-refractivity contribution is 5.92. The molecule has 1 N–H and O–H groups in total. The number of hydrogen-bond acceptors (Lipinski definition) is 4. The molecule has 1 amide bonds. The first kappa shape index (κ1) is 19.2. The van der Waals surface area contributed by atoms with E-state index in [9.17, 15) is 9.90 Å². The molecule has 28 heavy (non-hydrogen) atoms. The van der Waals surface area contributed by atoms with E-state index in [1.807, 2.05) is 65.2 Å². The first-order valence-corrected chi connectivity index (χ1v) is 10.1. The van der Waals surface area contributed by atoms with E-state index >= 15 is 0 Å². The summed E-state index contributed by atoms with van der Waals surface area (Å²) in [5.41, 5.74) is 0.703. The molecule has 4 rings (SSSR count). The SMILES string of the molecule is CN1CCN([C@@H]2CN(C(=O)c3cccn3C)CC[C@]2(O)c2ccccc2)CC1. The molecule has 2 fully saturated rings. The number of likely N-dealkylation sites (N-methyl/N-ethyl adjacent to an activating group) is 1. The summed E-state index contributed by atoms with van der Waals surface area (Å²) in [5.74, 6) is 0.0433. The first-order chi connectivity index (χ1) is 13.5. The highest BCUT2D eigenvalue weighted by Crippen LogP contribution is 2.36. The van der Waals surface area contributed by atoms with Gasteiger partial charge in [0.2, 0.25) is 0 Å². The lowest BCUT2D eigenvalue weighted by Gasteiger charge is -2.51. The summed E-state index contributed by atoms with van der Waals surface area (Å²) in [6, 6.07) is 13.6. The van der Waals surface area contributed by atoms with Crippen LogP contribution in [0.4, 0.5) is 0 Å². The van der Waals surface area contributed by atoms with Crippen LogP contribution in [0.3, 0.4) is 0 Å². The molecule has 2 atom stereocenters. The number of aromatic nitrogens is 1. The van der Waals surface area contributed by atoms with Crippen molar-refractivity contribution in [1.82, 2.24) is 19.3 Å². The van der Waals surface area contributed by atoms with Crippen LogP contribution in [0, 0.1) is 0 Å². The fraction of sp³-hybridized carbons (Fsp3) is 0.500. The van der Waals surface area contributed by atoms with Gasteiger partial charge in [-0.15, -0.1) is 0 Å². The average molecular weight is 383 g/mol. The zero-order valence-electron chi connectivity index (χ0n) is 16.8. The Morgan fingerprint density at radius 1 is 1.00 bits per heavy atom. The van der Waals surface area contributed by atoms with E-state index in [-0.39, 0.29) is 11.9 Å². The number of amides is 1. The minimum Gasteiger partial charge on any atom is -0.383 e. The molecule has 2 aromatic rings. The van der Waals surface area contributed by atoms with E-state index in [1.165, 1.54) is 0 Å². The maximum absolute atomic E-state index is 13.1. The van der Waals surface area contributed by atoms with Crippen molar-refractivity contribution in [1.29, 1.82) is 0 Å². The largest absolute Gasteiger partial charge is 0.383 e. The summed E-state index contributed by atoms with van der Waals surface area (Å²) in [7, 11) is 4.03. The van der Waals surface area contributed by atoms with Crippen molar-refractivity contribution in [3.63, 3.8) is 0 Å². The third kappa shape index (κ3) is 3.48. The molecule has 0 radical (unpaired) electrons. The Bertz CT molecular complexity index is 813. The van der Waals surface area contributed by atoms with Crippen LogP contribution >= 0.6 is 0 Å². The summed E-state index contributed by atoms with van der Waals surface area (Å²) in [6.45, 7) is 4.87. The van der Waals surface area contributed by atoms with Crippen molar-refractivity contribution in [2.75, 3.05) is 46.3 Å². The molecule has 0 aliphatic carbocycles. The standard InChI is InChI=1S/C22H30N4O2/c1-23-13-15-25(16-14-23)20-17-26(21(27)19-9-6-11-24(19)2)12-10-22(20,28)18-7-4-3-5-8-18/h3-9,11,20,28H,10,12-17H2,1-2H3/t20-,22+/m1/s1. The highest BCUT2D eigenvalue weighted by atomic mass is 16.3. The van der Waals surface area contributed by atoms with Crippen molar-refractivity contribution < 1.29 is 9.90 Å². The molecular formula is C22H30N4O2. The molecule has 1 aromatic carbocycles. The number of benzene rings is 1. The molecule has 6 heteroatoms. The van der Waals surface area contributed by atoms with E-state index in [2.05, 4.69) is 16.8 Å². The summed E-state index contributed by atoms with van der Waals surface area (Å²) >= 11 is 0. The molecule has 2 aliphatic rings. The Morgan fingerprint density at radius 3 is 2.36 bits per heavy atom. The number of carbonyl (C=O) groups is 1. The Morgan fingerprint density at radius 2 is 1.71 bits per heavy atom. The van der Waals surface area contributed by atoms with E-state index < -0.39 is 5.60 Å². The van der Waals surface area contributed by atoms with Gasteiger partial charge in [0.25, 0.3) is 5.91 Å². The van der Waals surface area contributed by atoms with Crippen LogP contribution in [0.1, 0.15) is 22.5 Å². The summed E-state index contributed by atoms with van der Waals surface area (Å²) in [6.07, 6.45) is 2.44. The maximum Gasteiger partial charge on any atom is 0.270 e. The molecule has 6 nitrogen and oxygen atoms in total. The number of hydrogen-bond donors (Lipinski definition) is 1. The van der Waals surface area contributed by atoms with Crippen LogP contribution in [0.15, 0.2) is 48.7 Å². The topological polar surface area (TPSA) is 52.0 Å². The molecule has 1 aromatic heterocycles. The Labute approximate surface area is 167 Å². The lowest BCUT2D eigenvalue weighted by atomic mass is 9.79. The molecule has 0 unspecified atom stereocenters. The van der Waals surface area contributed by atoms with Gasteiger partial charge in [-0.2, -0.15) is 0 Å². The molecule has 0 saturated carbocycles. The second-order valence-electron chi connectivity index (χ2n) is 8.15. The molecule has 2 saturated heterocycles. The van der Waals surface area contributed by atoms with Gasteiger partial charge in [0.15, 0.2) is 0 Å². The lowest BCUT2D eigenvalue weighted by molar-refractivity contribution is -0.101. The average Bonchev–Trinajstić information content (AvgIpc) is 3.15. The predicted molar refractivity (Wildman–Crippen MR) is 109 cm³/mol. The van der Waals surface area contributed by atoms with E-state index in [0.29, 0.717) is 25.2 Å². The van der Waals surface area contributed by atoms with Gasteiger partial charge in [0, 0.05) is 52.5 Å². The van der Waals surface area contributed by atoms with Crippen molar-refractivity contribution in [3.05, 3.63) is 59.9 Å². The summed E-state index contributed by atoms with van der Waals surface area (Å²) < 4.78 is 1.87. The quantitative estimate of drug-likeness (QED) is 0.871. The molecule has 0 bridgehead atoms. The van der Waals surface area contributed by atoms with E-state index in [0.717, 1.165) is 31.7 Å². The van der Waals surface area contributed by atoms with Crippen molar-refractivity contribution in [2.45, 2.75) is 18.1 Å². The van der Waals surface area contributed by atoms with Gasteiger partial charge in [-0.05, 0) is 31.2 Å². The maximum atomic E-state index is 13.1. The van der Waals surface area contributed by atoms with Gasteiger partial charge in [-0.3, -0.25) is 9.69 Å². The molecular weight excluding hydrogens is 352 g/mol. The zero-order valence-corrected chi connectivity index (χ0v) is 16.8. The second kappa shape index (κ2) is 7.70. The number of nitrogens with zero attached hydrogens (tertiary/aromatic N) is 4. The third-order valence-corrected chi connectivity index (χ3v) is 6.41.